The summed E-state index contributed by atoms with van der Waals surface area (Å²) in [4.78, 5) is 38.6. The number of piperidine rings is 1. The highest BCUT2D eigenvalue weighted by Gasteiger charge is 2.41. The van der Waals surface area contributed by atoms with Gasteiger partial charge in [-0.3, -0.25) is 14.4 Å². The quantitative estimate of drug-likeness (QED) is 0.757. The molecule has 0 saturated carbocycles. The Hall–Kier alpha value is -1.59. The van der Waals surface area contributed by atoms with Gasteiger partial charge in [0.05, 0.1) is 6.54 Å². The van der Waals surface area contributed by atoms with Crippen molar-refractivity contribution in [1.29, 1.82) is 0 Å². The molecule has 3 saturated heterocycles. The molecular weight excluding hydrogens is 258 g/mol. The van der Waals surface area contributed by atoms with E-state index in [9.17, 15) is 14.4 Å². The van der Waals surface area contributed by atoms with Gasteiger partial charge < -0.3 is 15.1 Å². The molecule has 110 valence electrons. The van der Waals surface area contributed by atoms with E-state index in [4.69, 9.17) is 0 Å². The van der Waals surface area contributed by atoms with Crippen LogP contribution in [0.25, 0.3) is 0 Å². The maximum Gasteiger partial charge on any atom is 0.242 e. The molecule has 3 rings (SSSR count). The summed E-state index contributed by atoms with van der Waals surface area (Å²) in [6.07, 6.45) is 3.80. The average molecular weight is 279 g/mol. The highest BCUT2D eigenvalue weighted by atomic mass is 16.2. The van der Waals surface area contributed by atoms with Crippen molar-refractivity contribution in [3.8, 4) is 0 Å². The topological polar surface area (TPSA) is 69.7 Å². The normalized spacial score (nSPS) is 25.4. The van der Waals surface area contributed by atoms with Crippen LogP contribution in [0, 0.1) is 5.41 Å². The van der Waals surface area contributed by atoms with Gasteiger partial charge in [-0.05, 0) is 24.7 Å². The van der Waals surface area contributed by atoms with E-state index in [0.29, 0.717) is 32.5 Å². The Bertz CT molecular complexity index is 441. The van der Waals surface area contributed by atoms with Crippen LogP contribution in [0.5, 0.6) is 0 Å². The zero-order valence-electron chi connectivity index (χ0n) is 11.7. The van der Waals surface area contributed by atoms with Crippen molar-refractivity contribution in [3.05, 3.63) is 0 Å². The lowest BCUT2D eigenvalue weighted by atomic mass is 9.77. The molecule has 1 N–H and O–H groups in total. The molecule has 3 aliphatic heterocycles. The standard InChI is InChI=1S/C14H21N3O3/c18-11-8-14(10-15-11)3-6-16(7-4-14)13(20)9-17-5-1-2-12(17)19/h1-10H2,(H,15,18). The van der Waals surface area contributed by atoms with Gasteiger partial charge in [-0.15, -0.1) is 0 Å². The van der Waals surface area contributed by atoms with Crippen LogP contribution in [0.1, 0.15) is 32.1 Å². The van der Waals surface area contributed by atoms with E-state index < -0.39 is 0 Å². The number of carbonyl (C=O) groups is 3. The van der Waals surface area contributed by atoms with Crippen LogP contribution in [-0.4, -0.2) is 60.2 Å². The minimum absolute atomic E-state index is 0.0485. The first kappa shape index (κ1) is 13.4. The van der Waals surface area contributed by atoms with Crippen molar-refractivity contribution in [1.82, 2.24) is 15.1 Å². The third-order valence-electron chi connectivity index (χ3n) is 4.87. The van der Waals surface area contributed by atoms with Crippen molar-refractivity contribution in [2.45, 2.75) is 32.1 Å². The van der Waals surface area contributed by atoms with Crippen molar-refractivity contribution in [3.63, 3.8) is 0 Å². The third kappa shape index (κ3) is 2.51. The fourth-order valence-corrected chi connectivity index (χ4v) is 3.47. The Morgan fingerprint density at radius 1 is 1.20 bits per heavy atom. The summed E-state index contributed by atoms with van der Waals surface area (Å²) in [7, 11) is 0. The number of nitrogens with one attached hydrogen (secondary N) is 1. The number of rotatable bonds is 2. The monoisotopic (exact) mass is 279 g/mol. The number of hydrogen-bond donors (Lipinski definition) is 1. The molecule has 0 aromatic carbocycles. The molecule has 0 aromatic heterocycles. The Kier molecular flexibility index (Phi) is 3.40. The van der Waals surface area contributed by atoms with Gasteiger partial charge in [0, 0.05) is 39.0 Å². The van der Waals surface area contributed by atoms with Gasteiger partial charge in [0.25, 0.3) is 0 Å². The van der Waals surface area contributed by atoms with Crippen LogP contribution in [0.4, 0.5) is 0 Å². The molecule has 0 radical (unpaired) electrons. The van der Waals surface area contributed by atoms with Gasteiger partial charge in [-0.2, -0.15) is 0 Å². The first-order valence-corrected chi connectivity index (χ1v) is 7.40. The summed E-state index contributed by atoms with van der Waals surface area (Å²) >= 11 is 0. The Morgan fingerprint density at radius 2 is 1.95 bits per heavy atom. The molecular formula is C14H21N3O3. The molecule has 0 aromatic rings. The van der Waals surface area contributed by atoms with Crippen LogP contribution in [0.3, 0.4) is 0 Å². The van der Waals surface area contributed by atoms with E-state index in [0.717, 1.165) is 25.8 Å². The zero-order chi connectivity index (χ0) is 14.2. The van der Waals surface area contributed by atoms with E-state index in [1.165, 1.54) is 0 Å². The maximum atomic E-state index is 12.2. The number of hydrogen-bond acceptors (Lipinski definition) is 3. The second-order valence-electron chi connectivity index (χ2n) is 6.25. The molecule has 3 heterocycles. The van der Waals surface area contributed by atoms with Crippen LogP contribution < -0.4 is 5.32 Å². The van der Waals surface area contributed by atoms with Gasteiger partial charge in [0.2, 0.25) is 17.7 Å². The molecule has 3 amide bonds. The van der Waals surface area contributed by atoms with E-state index >= 15 is 0 Å². The summed E-state index contributed by atoms with van der Waals surface area (Å²) in [5, 5.41) is 2.89. The SMILES string of the molecule is O=C1CC2(CCN(C(=O)CN3CCCC3=O)CC2)CN1. The summed E-state index contributed by atoms with van der Waals surface area (Å²) in [5.74, 6) is 0.275. The predicted molar refractivity (Wildman–Crippen MR) is 71.7 cm³/mol. The number of carbonyl (C=O) groups excluding carboxylic acids is 3. The lowest BCUT2D eigenvalue weighted by Crippen LogP contribution is -2.47. The summed E-state index contributed by atoms with van der Waals surface area (Å²) in [6.45, 7) is 3.09. The largest absolute Gasteiger partial charge is 0.356 e. The third-order valence-corrected chi connectivity index (χ3v) is 4.87. The first-order valence-electron chi connectivity index (χ1n) is 7.40. The molecule has 3 fully saturated rings. The van der Waals surface area contributed by atoms with Gasteiger partial charge >= 0.3 is 0 Å². The van der Waals surface area contributed by atoms with E-state index in [1.54, 1.807) is 4.90 Å². The Morgan fingerprint density at radius 3 is 2.50 bits per heavy atom. The molecule has 0 unspecified atom stereocenters. The number of nitrogens with zero attached hydrogens (tertiary/aromatic N) is 2. The van der Waals surface area contributed by atoms with Crippen molar-refractivity contribution < 1.29 is 14.4 Å². The summed E-state index contributed by atoms with van der Waals surface area (Å²) < 4.78 is 0. The van der Waals surface area contributed by atoms with Gasteiger partial charge in [-0.25, -0.2) is 0 Å². The highest BCUT2D eigenvalue weighted by molar-refractivity contribution is 5.86. The minimum Gasteiger partial charge on any atom is -0.356 e. The van der Waals surface area contributed by atoms with Crippen molar-refractivity contribution in [2.24, 2.45) is 5.41 Å². The highest BCUT2D eigenvalue weighted by Crippen LogP contribution is 2.37. The lowest BCUT2D eigenvalue weighted by Gasteiger charge is -2.38. The fraction of sp³-hybridized carbons (Fsp3) is 0.786. The maximum absolute atomic E-state index is 12.2. The van der Waals surface area contributed by atoms with Gasteiger partial charge in [0.15, 0.2) is 0 Å². The van der Waals surface area contributed by atoms with Crippen LogP contribution in [0.15, 0.2) is 0 Å². The minimum atomic E-state index is 0.0485. The van der Waals surface area contributed by atoms with Gasteiger partial charge in [-0.1, -0.05) is 0 Å². The second kappa shape index (κ2) is 5.07. The van der Waals surface area contributed by atoms with E-state index in [1.807, 2.05) is 4.90 Å². The molecule has 0 atom stereocenters. The molecule has 20 heavy (non-hydrogen) atoms. The number of amides is 3. The molecule has 0 bridgehead atoms. The van der Waals surface area contributed by atoms with E-state index in [-0.39, 0.29) is 29.7 Å². The summed E-state index contributed by atoms with van der Waals surface area (Å²) in [5.41, 5.74) is 0.0668. The van der Waals surface area contributed by atoms with Crippen molar-refractivity contribution >= 4 is 17.7 Å². The molecule has 1 spiro atoms. The van der Waals surface area contributed by atoms with Gasteiger partial charge in [0.1, 0.15) is 0 Å². The molecule has 6 heteroatoms. The number of likely N-dealkylation sites (tertiary alicyclic amines) is 2. The lowest BCUT2D eigenvalue weighted by molar-refractivity contribution is -0.139. The average Bonchev–Trinajstić information content (AvgIpc) is 2.98. The van der Waals surface area contributed by atoms with Crippen LogP contribution in [0.2, 0.25) is 0 Å². The molecule has 0 aliphatic carbocycles. The predicted octanol–water partition coefficient (Wildman–Crippen LogP) is -0.262. The Balaban J connectivity index is 1.51. The van der Waals surface area contributed by atoms with E-state index in [2.05, 4.69) is 5.32 Å². The Labute approximate surface area is 118 Å². The molecule has 6 nitrogen and oxygen atoms in total. The van der Waals surface area contributed by atoms with Crippen LogP contribution in [-0.2, 0) is 14.4 Å². The van der Waals surface area contributed by atoms with Crippen molar-refractivity contribution in [2.75, 3.05) is 32.7 Å². The van der Waals surface area contributed by atoms with Crippen LogP contribution >= 0.6 is 0 Å². The second-order valence-corrected chi connectivity index (χ2v) is 6.25. The summed E-state index contributed by atoms with van der Waals surface area (Å²) in [6, 6.07) is 0. The first-order chi connectivity index (χ1) is 9.58. The molecule has 3 aliphatic rings. The smallest absolute Gasteiger partial charge is 0.242 e. The fourth-order valence-electron chi connectivity index (χ4n) is 3.47. The zero-order valence-corrected chi connectivity index (χ0v) is 11.7.